The molecule has 1 fully saturated rings. The molecule has 2 N–H and O–H groups in total. The first-order valence-corrected chi connectivity index (χ1v) is 6.55. The van der Waals surface area contributed by atoms with Crippen LogP contribution in [0.1, 0.15) is 40.0 Å². The predicted octanol–water partition coefficient (Wildman–Crippen LogP) is 1.93. The number of likely N-dealkylation sites (tertiary alicyclic amines) is 1. The number of urea groups is 1. The monoisotopic (exact) mass is 256 g/mol. The number of carbonyl (C=O) groups is 2. The maximum atomic E-state index is 11.8. The Bertz CT molecular complexity index is 304. The summed E-state index contributed by atoms with van der Waals surface area (Å²) in [6.07, 6.45) is 2.64. The molecule has 0 bridgehead atoms. The Labute approximate surface area is 109 Å². The Kier molecular flexibility index (Phi) is 4.99. The Hall–Kier alpha value is -1.26. The van der Waals surface area contributed by atoms with Gasteiger partial charge in [0.05, 0.1) is 5.92 Å². The van der Waals surface area contributed by atoms with Crippen LogP contribution in [0.5, 0.6) is 0 Å². The summed E-state index contributed by atoms with van der Waals surface area (Å²) in [5.74, 6) is -1.36. The van der Waals surface area contributed by atoms with Crippen molar-refractivity contribution in [2.75, 3.05) is 19.6 Å². The van der Waals surface area contributed by atoms with Crippen molar-refractivity contribution in [2.24, 2.45) is 11.3 Å². The lowest BCUT2D eigenvalue weighted by molar-refractivity contribution is -0.142. The second-order valence-corrected chi connectivity index (χ2v) is 6.18. The maximum Gasteiger partial charge on any atom is 0.317 e. The van der Waals surface area contributed by atoms with Gasteiger partial charge in [-0.1, -0.05) is 20.8 Å². The molecule has 104 valence electrons. The van der Waals surface area contributed by atoms with Crippen LogP contribution in [-0.4, -0.2) is 41.6 Å². The summed E-state index contributed by atoms with van der Waals surface area (Å²) in [6, 6.07) is -0.132. The van der Waals surface area contributed by atoms with E-state index in [0.29, 0.717) is 6.42 Å². The SMILES string of the molecule is CC(C)(C)CC(CNC(=O)N1CCCC1)C(=O)O. The molecule has 1 aliphatic rings. The van der Waals surface area contributed by atoms with Gasteiger partial charge in [-0.3, -0.25) is 4.79 Å². The number of nitrogens with one attached hydrogen (secondary N) is 1. The molecule has 5 heteroatoms. The van der Waals surface area contributed by atoms with Crippen molar-refractivity contribution in [3.8, 4) is 0 Å². The molecule has 0 spiro atoms. The second-order valence-electron chi connectivity index (χ2n) is 6.18. The average molecular weight is 256 g/mol. The average Bonchev–Trinajstić information content (AvgIpc) is 2.75. The van der Waals surface area contributed by atoms with E-state index in [0.717, 1.165) is 25.9 Å². The first-order valence-electron chi connectivity index (χ1n) is 6.55. The first kappa shape index (κ1) is 14.8. The summed E-state index contributed by atoms with van der Waals surface area (Å²) < 4.78 is 0. The minimum Gasteiger partial charge on any atom is -0.481 e. The number of amides is 2. The van der Waals surface area contributed by atoms with Crippen LogP contribution in [0.4, 0.5) is 4.79 Å². The highest BCUT2D eigenvalue weighted by atomic mass is 16.4. The van der Waals surface area contributed by atoms with Crippen molar-refractivity contribution in [3.63, 3.8) is 0 Å². The molecule has 1 aliphatic heterocycles. The van der Waals surface area contributed by atoms with E-state index in [1.807, 2.05) is 20.8 Å². The fourth-order valence-electron chi connectivity index (χ4n) is 2.23. The number of hydrogen-bond donors (Lipinski definition) is 2. The van der Waals surface area contributed by atoms with Gasteiger partial charge in [-0.05, 0) is 24.7 Å². The molecule has 1 saturated heterocycles. The molecule has 0 saturated carbocycles. The Morgan fingerprint density at radius 2 is 1.83 bits per heavy atom. The smallest absolute Gasteiger partial charge is 0.317 e. The number of aliphatic carboxylic acids is 1. The van der Waals surface area contributed by atoms with Crippen LogP contribution in [0.3, 0.4) is 0 Å². The fraction of sp³-hybridized carbons (Fsp3) is 0.846. The number of rotatable bonds is 4. The van der Waals surface area contributed by atoms with Crippen molar-refractivity contribution >= 4 is 12.0 Å². The molecule has 0 aromatic carbocycles. The van der Waals surface area contributed by atoms with Crippen LogP contribution in [0.25, 0.3) is 0 Å². The van der Waals surface area contributed by atoms with Gasteiger partial charge in [-0.15, -0.1) is 0 Å². The van der Waals surface area contributed by atoms with Gasteiger partial charge >= 0.3 is 12.0 Å². The Balaban J connectivity index is 2.42. The van der Waals surface area contributed by atoms with E-state index in [-0.39, 0.29) is 18.0 Å². The number of hydrogen-bond acceptors (Lipinski definition) is 2. The minimum absolute atomic E-state index is 0.0541. The predicted molar refractivity (Wildman–Crippen MR) is 69.4 cm³/mol. The zero-order valence-corrected chi connectivity index (χ0v) is 11.5. The molecule has 18 heavy (non-hydrogen) atoms. The highest BCUT2D eigenvalue weighted by Gasteiger charge is 2.26. The number of nitrogens with zero attached hydrogens (tertiary/aromatic N) is 1. The van der Waals surface area contributed by atoms with Crippen LogP contribution in [-0.2, 0) is 4.79 Å². The normalized spacial score (nSPS) is 17.6. The summed E-state index contributed by atoms with van der Waals surface area (Å²) in [5, 5.41) is 11.9. The fourth-order valence-corrected chi connectivity index (χ4v) is 2.23. The van der Waals surface area contributed by atoms with Gasteiger partial charge < -0.3 is 15.3 Å². The van der Waals surface area contributed by atoms with Crippen molar-refractivity contribution in [2.45, 2.75) is 40.0 Å². The summed E-state index contributed by atoms with van der Waals surface area (Å²) in [6.45, 7) is 7.79. The number of carboxylic acid groups (broad SMARTS) is 1. The molecular formula is C13H24N2O3. The second kappa shape index (κ2) is 6.07. The molecule has 5 nitrogen and oxygen atoms in total. The van der Waals surface area contributed by atoms with E-state index in [4.69, 9.17) is 5.11 Å². The van der Waals surface area contributed by atoms with Crippen LogP contribution < -0.4 is 5.32 Å². The Morgan fingerprint density at radius 1 is 1.28 bits per heavy atom. The van der Waals surface area contributed by atoms with Gasteiger partial charge in [0.25, 0.3) is 0 Å². The van der Waals surface area contributed by atoms with Crippen molar-refractivity contribution in [1.29, 1.82) is 0 Å². The van der Waals surface area contributed by atoms with Crippen molar-refractivity contribution < 1.29 is 14.7 Å². The van der Waals surface area contributed by atoms with E-state index in [1.165, 1.54) is 0 Å². The third kappa shape index (κ3) is 4.94. The first-order chi connectivity index (χ1) is 8.29. The third-order valence-corrected chi connectivity index (χ3v) is 3.10. The largest absolute Gasteiger partial charge is 0.481 e. The van der Waals surface area contributed by atoms with Gasteiger partial charge in [0.15, 0.2) is 0 Å². The van der Waals surface area contributed by atoms with Gasteiger partial charge in [-0.25, -0.2) is 4.79 Å². The summed E-state index contributed by atoms with van der Waals surface area (Å²) in [4.78, 5) is 24.7. The van der Waals surface area contributed by atoms with E-state index < -0.39 is 11.9 Å². The topological polar surface area (TPSA) is 69.6 Å². The zero-order chi connectivity index (χ0) is 13.8. The Morgan fingerprint density at radius 3 is 2.28 bits per heavy atom. The third-order valence-electron chi connectivity index (χ3n) is 3.10. The number of carboxylic acids is 1. The minimum atomic E-state index is -0.841. The molecular weight excluding hydrogens is 232 g/mol. The van der Waals surface area contributed by atoms with E-state index in [2.05, 4.69) is 5.32 Å². The van der Waals surface area contributed by atoms with Gasteiger partial charge in [0, 0.05) is 19.6 Å². The van der Waals surface area contributed by atoms with Crippen LogP contribution in [0.15, 0.2) is 0 Å². The molecule has 1 rings (SSSR count). The van der Waals surface area contributed by atoms with Crippen LogP contribution in [0, 0.1) is 11.3 Å². The lowest BCUT2D eigenvalue weighted by Crippen LogP contribution is -2.42. The maximum absolute atomic E-state index is 11.8. The van der Waals surface area contributed by atoms with Gasteiger partial charge in [0.1, 0.15) is 0 Å². The van der Waals surface area contributed by atoms with E-state index in [9.17, 15) is 9.59 Å². The zero-order valence-electron chi connectivity index (χ0n) is 11.5. The van der Waals surface area contributed by atoms with E-state index in [1.54, 1.807) is 4.90 Å². The van der Waals surface area contributed by atoms with Crippen molar-refractivity contribution in [3.05, 3.63) is 0 Å². The molecule has 1 heterocycles. The molecule has 1 atom stereocenters. The lowest BCUT2D eigenvalue weighted by Gasteiger charge is -2.24. The molecule has 0 aromatic rings. The molecule has 0 aliphatic carbocycles. The lowest BCUT2D eigenvalue weighted by atomic mass is 9.84. The standard InChI is InChI=1S/C13H24N2O3/c1-13(2,3)8-10(11(16)17)9-14-12(18)15-6-4-5-7-15/h10H,4-9H2,1-3H3,(H,14,18)(H,16,17). The van der Waals surface area contributed by atoms with E-state index >= 15 is 0 Å². The molecule has 0 aromatic heterocycles. The van der Waals surface area contributed by atoms with Crippen molar-refractivity contribution in [1.82, 2.24) is 10.2 Å². The molecule has 0 radical (unpaired) electrons. The molecule has 1 unspecified atom stereocenters. The summed E-state index contributed by atoms with van der Waals surface area (Å²) in [5.41, 5.74) is -0.0541. The van der Waals surface area contributed by atoms with Crippen LogP contribution in [0.2, 0.25) is 0 Å². The molecule has 2 amide bonds. The highest BCUT2D eigenvalue weighted by molar-refractivity contribution is 5.76. The highest BCUT2D eigenvalue weighted by Crippen LogP contribution is 2.24. The summed E-state index contributed by atoms with van der Waals surface area (Å²) in [7, 11) is 0. The quantitative estimate of drug-likeness (QED) is 0.807. The van der Waals surface area contributed by atoms with Gasteiger partial charge in [0.2, 0.25) is 0 Å². The summed E-state index contributed by atoms with van der Waals surface area (Å²) >= 11 is 0. The van der Waals surface area contributed by atoms with Crippen LogP contribution >= 0.6 is 0 Å². The number of carbonyl (C=O) groups excluding carboxylic acids is 1. The van der Waals surface area contributed by atoms with Gasteiger partial charge in [-0.2, -0.15) is 0 Å².